The van der Waals surface area contributed by atoms with Gasteiger partial charge in [-0.1, -0.05) is 0 Å². The topological polar surface area (TPSA) is 50.7 Å². The molecule has 3 nitrogen and oxygen atoms in total. The lowest BCUT2D eigenvalue weighted by Crippen LogP contribution is -2.27. The lowest BCUT2D eigenvalue weighted by atomic mass is 10.3. The number of nitriles is 1. The number of rotatable bonds is 0. The van der Waals surface area contributed by atoms with E-state index in [1.165, 1.54) is 18.3 Å². The summed E-state index contributed by atoms with van der Waals surface area (Å²) in [6.45, 7) is 0. The van der Waals surface area contributed by atoms with Crippen LogP contribution in [0, 0.1) is 16.5 Å². The maximum absolute atomic E-state index is 10.6. The van der Waals surface area contributed by atoms with Crippen LogP contribution in [0.1, 0.15) is 5.56 Å². The van der Waals surface area contributed by atoms with E-state index in [9.17, 15) is 5.21 Å². The molecule has 0 saturated heterocycles. The van der Waals surface area contributed by atoms with Gasteiger partial charge < -0.3 is 5.21 Å². The van der Waals surface area contributed by atoms with Gasteiger partial charge in [0.2, 0.25) is 0 Å². The SMILES string of the molecule is N#Cc1ccc[n+]([O-])c1Cl. The summed E-state index contributed by atoms with van der Waals surface area (Å²) in [5.41, 5.74) is 0.194. The first-order valence-electron chi connectivity index (χ1n) is 2.53. The fourth-order valence-electron chi connectivity index (χ4n) is 0.554. The summed E-state index contributed by atoms with van der Waals surface area (Å²) in [5, 5.41) is 18.9. The molecule has 0 saturated carbocycles. The lowest BCUT2D eigenvalue weighted by Gasteiger charge is -1.96. The summed E-state index contributed by atoms with van der Waals surface area (Å²) < 4.78 is 0.445. The van der Waals surface area contributed by atoms with Crippen molar-refractivity contribution in [2.45, 2.75) is 0 Å². The normalized spacial score (nSPS) is 8.80. The number of hydrogen-bond donors (Lipinski definition) is 0. The Morgan fingerprint density at radius 3 is 2.90 bits per heavy atom. The first-order valence-corrected chi connectivity index (χ1v) is 2.91. The molecular formula is C6H3ClN2O. The zero-order valence-electron chi connectivity index (χ0n) is 4.91. The Balaban J connectivity index is 3.31. The quantitative estimate of drug-likeness (QED) is 0.316. The maximum Gasteiger partial charge on any atom is 0.304 e. The minimum atomic E-state index is -0.0787. The highest BCUT2D eigenvalue weighted by Crippen LogP contribution is 2.06. The highest BCUT2D eigenvalue weighted by Gasteiger charge is 2.06. The molecule has 0 amide bonds. The Hall–Kier alpha value is -1.27. The van der Waals surface area contributed by atoms with Crippen molar-refractivity contribution in [1.29, 1.82) is 5.26 Å². The zero-order chi connectivity index (χ0) is 7.56. The standard InChI is InChI=1S/C6H3ClN2O/c7-6-5(4-8)2-1-3-9(6)10/h1-3H. The van der Waals surface area contributed by atoms with E-state index in [2.05, 4.69) is 0 Å². The predicted octanol–water partition coefficient (Wildman–Crippen LogP) is 0.845. The molecule has 10 heavy (non-hydrogen) atoms. The van der Waals surface area contributed by atoms with Crippen LogP contribution in [0.25, 0.3) is 0 Å². The van der Waals surface area contributed by atoms with Crippen LogP contribution < -0.4 is 4.73 Å². The summed E-state index contributed by atoms with van der Waals surface area (Å²) in [6.07, 6.45) is 1.24. The van der Waals surface area contributed by atoms with Crippen molar-refractivity contribution < 1.29 is 4.73 Å². The van der Waals surface area contributed by atoms with Crippen molar-refractivity contribution in [2.24, 2.45) is 0 Å². The molecule has 50 valence electrons. The summed E-state index contributed by atoms with van der Waals surface area (Å²) in [4.78, 5) is 0. The third-order valence-corrected chi connectivity index (χ3v) is 1.39. The van der Waals surface area contributed by atoms with Gasteiger partial charge in [0, 0.05) is 6.07 Å². The van der Waals surface area contributed by atoms with E-state index in [-0.39, 0.29) is 10.7 Å². The van der Waals surface area contributed by atoms with Gasteiger partial charge in [0.05, 0.1) is 0 Å². The molecule has 1 heterocycles. The zero-order valence-corrected chi connectivity index (χ0v) is 5.67. The molecule has 0 N–H and O–H groups in total. The second-order valence-corrected chi connectivity index (χ2v) is 2.01. The lowest BCUT2D eigenvalue weighted by molar-refractivity contribution is -0.603. The number of hydrogen-bond acceptors (Lipinski definition) is 2. The molecule has 0 unspecified atom stereocenters. The largest absolute Gasteiger partial charge is 0.618 e. The summed E-state index contributed by atoms with van der Waals surface area (Å²) in [5.74, 6) is 0. The molecule has 0 atom stereocenters. The minimum Gasteiger partial charge on any atom is -0.618 e. The van der Waals surface area contributed by atoms with Gasteiger partial charge in [-0.25, -0.2) is 0 Å². The Morgan fingerprint density at radius 1 is 1.70 bits per heavy atom. The van der Waals surface area contributed by atoms with E-state index < -0.39 is 0 Å². The highest BCUT2D eigenvalue weighted by molar-refractivity contribution is 6.29. The molecule has 0 fully saturated rings. The van der Waals surface area contributed by atoms with Gasteiger partial charge in [-0.2, -0.15) is 9.99 Å². The highest BCUT2D eigenvalue weighted by atomic mass is 35.5. The van der Waals surface area contributed by atoms with Crippen LogP contribution in [0.15, 0.2) is 18.3 Å². The second kappa shape index (κ2) is 2.54. The molecule has 0 aliphatic heterocycles. The van der Waals surface area contributed by atoms with Gasteiger partial charge in [0.15, 0.2) is 6.20 Å². The fraction of sp³-hybridized carbons (Fsp3) is 0. The Kier molecular flexibility index (Phi) is 1.74. The molecule has 0 aromatic carbocycles. The second-order valence-electron chi connectivity index (χ2n) is 1.65. The van der Waals surface area contributed by atoms with Gasteiger partial charge in [0.1, 0.15) is 11.6 Å². The smallest absolute Gasteiger partial charge is 0.304 e. The van der Waals surface area contributed by atoms with Crippen LogP contribution in [-0.2, 0) is 0 Å². The Labute approximate surface area is 62.7 Å². The number of halogens is 1. The number of nitrogens with zero attached hydrogens (tertiary/aromatic N) is 2. The van der Waals surface area contributed by atoms with Crippen molar-refractivity contribution in [3.05, 3.63) is 34.3 Å². The third kappa shape index (κ3) is 1.02. The van der Waals surface area contributed by atoms with Crippen molar-refractivity contribution in [2.75, 3.05) is 0 Å². The van der Waals surface area contributed by atoms with Gasteiger partial charge in [0.25, 0.3) is 0 Å². The summed E-state index contributed by atoms with van der Waals surface area (Å²) in [7, 11) is 0. The maximum atomic E-state index is 10.6. The molecule has 4 heteroatoms. The molecule has 1 aromatic heterocycles. The Bertz CT molecular complexity index is 292. The first kappa shape index (κ1) is 6.84. The average Bonchev–Trinajstić information content (AvgIpc) is 1.95. The van der Waals surface area contributed by atoms with Crippen LogP contribution in [0.2, 0.25) is 5.15 Å². The van der Waals surface area contributed by atoms with Crippen LogP contribution in [0.3, 0.4) is 0 Å². The van der Waals surface area contributed by atoms with Crippen molar-refractivity contribution in [3.8, 4) is 6.07 Å². The van der Waals surface area contributed by atoms with Crippen LogP contribution >= 0.6 is 11.6 Å². The molecule has 0 spiro atoms. The van der Waals surface area contributed by atoms with E-state index in [1.54, 1.807) is 6.07 Å². The van der Waals surface area contributed by atoms with Crippen molar-refractivity contribution in [3.63, 3.8) is 0 Å². The first-order chi connectivity index (χ1) is 4.75. The van der Waals surface area contributed by atoms with E-state index in [0.717, 1.165) is 0 Å². The number of aromatic nitrogens is 1. The number of pyridine rings is 1. The van der Waals surface area contributed by atoms with Crippen LogP contribution in [0.4, 0.5) is 0 Å². The molecule has 0 aliphatic carbocycles. The summed E-state index contributed by atoms with van der Waals surface area (Å²) >= 11 is 5.42. The van der Waals surface area contributed by atoms with Gasteiger partial charge in [-0.05, 0) is 17.7 Å². The van der Waals surface area contributed by atoms with Gasteiger partial charge in [-0.15, -0.1) is 0 Å². The summed E-state index contributed by atoms with van der Waals surface area (Å²) in [6, 6.07) is 4.74. The van der Waals surface area contributed by atoms with E-state index in [4.69, 9.17) is 16.9 Å². The van der Waals surface area contributed by atoms with Crippen LogP contribution in [-0.4, -0.2) is 0 Å². The predicted molar refractivity (Wildman–Crippen MR) is 35.1 cm³/mol. The molecular weight excluding hydrogens is 152 g/mol. The molecule has 0 bridgehead atoms. The van der Waals surface area contributed by atoms with E-state index in [0.29, 0.717) is 4.73 Å². The van der Waals surface area contributed by atoms with Crippen LogP contribution in [0.5, 0.6) is 0 Å². The fourth-order valence-corrected chi connectivity index (χ4v) is 0.715. The van der Waals surface area contributed by atoms with Crippen molar-refractivity contribution in [1.82, 2.24) is 0 Å². The molecule has 0 radical (unpaired) electrons. The molecule has 1 rings (SSSR count). The monoisotopic (exact) mass is 154 g/mol. The van der Waals surface area contributed by atoms with E-state index in [1.807, 2.05) is 0 Å². The molecule has 1 aromatic rings. The molecule has 0 aliphatic rings. The van der Waals surface area contributed by atoms with E-state index >= 15 is 0 Å². The van der Waals surface area contributed by atoms with Gasteiger partial charge >= 0.3 is 5.15 Å². The Morgan fingerprint density at radius 2 is 2.40 bits per heavy atom. The third-order valence-electron chi connectivity index (χ3n) is 1.02. The minimum absolute atomic E-state index is 0.0787. The van der Waals surface area contributed by atoms with Gasteiger partial charge in [-0.3, -0.25) is 0 Å². The van der Waals surface area contributed by atoms with Crippen molar-refractivity contribution >= 4 is 11.6 Å². The average molecular weight is 155 g/mol.